The first-order valence-corrected chi connectivity index (χ1v) is 8.38. The minimum Gasteiger partial charge on any atom is -0.490 e. The molecule has 24 heavy (non-hydrogen) atoms. The number of hydrogen-bond donors (Lipinski definition) is 2. The van der Waals surface area contributed by atoms with Crippen molar-refractivity contribution in [1.82, 2.24) is 10.9 Å². The average molecular weight is 440 g/mol. The highest BCUT2D eigenvalue weighted by atomic mass is 127. The molecule has 2 rings (SSSR count). The maximum absolute atomic E-state index is 12.0. The van der Waals surface area contributed by atoms with Gasteiger partial charge in [-0.2, -0.15) is 0 Å². The van der Waals surface area contributed by atoms with Crippen molar-refractivity contribution in [2.24, 2.45) is 0 Å². The zero-order valence-electron chi connectivity index (χ0n) is 13.0. The molecule has 0 saturated carbocycles. The van der Waals surface area contributed by atoms with Crippen molar-refractivity contribution in [3.8, 4) is 11.5 Å². The van der Waals surface area contributed by atoms with Crippen LogP contribution in [-0.2, 0) is 4.79 Å². The molecule has 0 saturated heterocycles. The van der Waals surface area contributed by atoms with Gasteiger partial charge in [0.05, 0.1) is 12.2 Å². The number of hydrogen-bond acceptors (Lipinski definition) is 4. The normalized spacial score (nSPS) is 9.92. The fourth-order valence-electron chi connectivity index (χ4n) is 1.86. The molecule has 0 fully saturated rings. The van der Waals surface area contributed by atoms with Crippen LogP contribution in [-0.4, -0.2) is 25.0 Å². The van der Waals surface area contributed by atoms with Gasteiger partial charge in [-0.3, -0.25) is 20.4 Å². The second kappa shape index (κ2) is 9.11. The number of carbonyl (C=O) groups excluding carboxylic acids is 2. The van der Waals surface area contributed by atoms with E-state index in [-0.39, 0.29) is 12.5 Å². The molecule has 0 atom stereocenters. The predicted octanol–water partition coefficient (Wildman–Crippen LogP) is 2.53. The zero-order valence-corrected chi connectivity index (χ0v) is 15.2. The number of ether oxygens (including phenoxy) is 2. The molecule has 0 aromatic heterocycles. The molecule has 2 aromatic rings. The van der Waals surface area contributed by atoms with Crippen LogP contribution >= 0.6 is 22.6 Å². The third-order valence-electron chi connectivity index (χ3n) is 2.94. The second-order valence-electron chi connectivity index (χ2n) is 4.65. The van der Waals surface area contributed by atoms with Gasteiger partial charge < -0.3 is 9.47 Å². The zero-order chi connectivity index (χ0) is 17.4. The number of amides is 2. The maximum atomic E-state index is 12.0. The van der Waals surface area contributed by atoms with Crippen molar-refractivity contribution >= 4 is 34.4 Å². The fraction of sp³-hybridized carbons (Fsp3) is 0.176. The molecular weight excluding hydrogens is 423 g/mol. The van der Waals surface area contributed by atoms with Gasteiger partial charge in [-0.05, 0) is 53.8 Å². The summed E-state index contributed by atoms with van der Waals surface area (Å²) in [5.41, 5.74) is 5.17. The maximum Gasteiger partial charge on any atom is 0.276 e. The monoisotopic (exact) mass is 440 g/mol. The van der Waals surface area contributed by atoms with Gasteiger partial charge in [-0.15, -0.1) is 0 Å². The van der Waals surface area contributed by atoms with E-state index in [9.17, 15) is 9.59 Å². The van der Waals surface area contributed by atoms with Crippen LogP contribution < -0.4 is 20.3 Å². The summed E-state index contributed by atoms with van der Waals surface area (Å²) in [5.74, 6) is 0.178. The molecule has 0 aliphatic carbocycles. The quantitative estimate of drug-likeness (QED) is 0.535. The molecule has 0 aliphatic heterocycles. The Morgan fingerprint density at radius 2 is 1.58 bits per heavy atom. The highest BCUT2D eigenvalue weighted by molar-refractivity contribution is 14.1. The van der Waals surface area contributed by atoms with Crippen LogP contribution in [0.5, 0.6) is 11.5 Å². The van der Waals surface area contributed by atoms with Crippen molar-refractivity contribution in [3.63, 3.8) is 0 Å². The smallest absolute Gasteiger partial charge is 0.276 e. The van der Waals surface area contributed by atoms with Gasteiger partial charge in [0.25, 0.3) is 11.8 Å². The van der Waals surface area contributed by atoms with Gasteiger partial charge in [0.1, 0.15) is 0 Å². The Morgan fingerprint density at radius 3 is 2.25 bits per heavy atom. The van der Waals surface area contributed by atoms with E-state index in [0.717, 1.165) is 3.57 Å². The number of para-hydroxylation sites is 2. The molecular formula is C17H17IN2O4. The molecule has 0 bridgehead atoms. The lowest BCUT2D eigenvalue weighted by Gasteiger charge is -2.12. The van der Waals surface area contributed by atoms with Crippen molar-refractivity contribution in [1.29, 1.82) is 0 Å². The fourth-order valence-corrected chi connectivity index (χ4v) is 2.50. The Hall–Kier alpha value is -2.29. The standard InChI is InChI=1S/C17H17IN2O4/c1-2-23-14-9-5-6-10-15(14)24-11-16(21)19-20-17(22)12-7-3-4-8-13(12)18/h3-10H,2,11H2,1H3,(H,19,21)(H,20,22). The van der Waals surface area contributed by atoms with Gasteiger partial charge in [-0.1, -0.05) is 24.3 Å². The first-order valence-electron chi connectivity index (χ1n) is 7.30. The Labute approximate surface area is 153 Å². The lowest BCUT2D eigenvalue weighted by atomic mass is 10.2. The number of benzene rings is 2. The van der Waals surface area contributed by atoms with E-state index >= 15 is 0 Å². The molecule has 0 aliphatic rings. The molecule has 7 heteroatoms. The van der Waals surface area contributed by atoms with E-state index in [1.54, 1.807) is 30.3 Å². The van der Waals surface area contributed by atoms with Crippen LogP contribution in [0.2, 0.25) is 0 Å². The summed E-state index contributed by atoms with van der Waals surface area (Å²) in [4.78, 5) is 23.8. The van der Waals surface area contributed by atoms with Crippen LogP contribution in [0.1, 0.15) is 17.3 Å². The SMILES string of the molecule is CCOc1ccccc1OCC(=O)NNC(=O)c1ccccc1I. The first-order chi connectivity index (χ1) is 11.6. The first kappa shape index (κ1) is 18.1. The summed E-state index contributed by atoms with van der Waals surface area (Å²) < 4.78 is 11.6. The molecule has 2 N–H and O–H groups in total. The van der Waals surface area contributed by atoms with E-state index in [0.29, 0.717) is 23.7 Å². The number of rotatable bonds is 6. The van der Waals surface area contributed by atoms with E-state index < -0.39 is 5.91 Å². The van der Waals surface area contributed by atoms with Gasteiger partial charge in [0.2, 0.25) is 0 Å². The van der Waals surface area contributed by atoms with E-state index in [1.807, 2.05) is 25.1 Å². The number of hydrazine groups is 1. The summed E-state index contributed by atoms with van der Waals surface area (Å²) >= 11 is 2.06. The van der Waals surface area contributed by atoms with Crippen LogP contribution in [0, 0.1) is 3.57 Å². The van der Waals surface area contributed by atoms with E-state index in [1.165, 1.54) is 0 Å². The third kappa shape index (κ3) is 5.12. The van der Waals surface area contributed by atoms with Gasteiger partial charge >= 0.3 is 0 Å². The summed E-state index contributed by atoms with van der Waals surface area (Å²) in [5, 5.41) is 0. The minimum atomic E-state index is -0.472. The predicted molar refractivity (Wildman–Crippen MR) is 97.9 cm³/mol. The second-order valence-corrected chi connectivity index (χ2v) is 5.81. The minimum absolute atomic E-state index is 0.240. The van der Waals surface area contributed by atoms with Crippen molar-refractivity contribution in [2.45, 2.75) is 6.92 Å². The Balaban J connectivity index is 1.84. The summed E-state index contributed by atoms with van der Waals surface area (Å²) in [6, 6.07) is 14.2. The molecule has 2 amide bonds. The van der Waals surface area contributed by atoms with Crippen molar-refractivity contribution < 1.29 is 19.1 Å². The highest BCUT2D eigenvalue weighted by Gasteiger charge is 2.11. The molecule has 126 valence electrons. The molecule has 0 radical (unpaired) electrons. The lowest BCUT2D eigenvalue weighted by molar-refractivity contribution is -0.123. The van der Waals surface area contributed by atoms with Gasteiger partial charge in [-0.25, -0.2) is 0 Å². The van der Waals surface area contributed by atoms with E-state index in [2.05, 4.69) is 33.4 Å². The van der Waals surface area contributed by atoms with E-state index in [4.69, 9.17) is 9.47 Å². The number of nitrogens with one attached hydrogen (secondary N) is 2. The molecule has 6 nitrogen and oxygen atoms in total. The Bertz CT molecular complexity index is 721. The summed E-state index contributed by atoms with van der Waals surface area (Å²) in [6.45, 7) is 2.12. The van der Waals surface area contributed by atoms with Crippen LogP contribution in [0.15, 0.2) is 48.5 Å². The highest BCUT2D eigenvalue weighted by Crippen LogP contribution is 2.26. The molecule has 0 unspecified atom stereocenters. The lowest BCUT2D eigenvalue weighted by Crippen LogP contribution is -2.44. The van der Waals surface area contributed by atoms with Crippen LogP contribution in [0.25, 0.3) is 0 Å². The number of carbonyl (C=O) groups is 2. The molecule has 0 heterocycles. The molecule has 2 aromatic carbocycles. The van der Waals surface area contributed by atoms with Crippen LogP contribution in [0.4, 0.5) is 0 Å². The number of halogens is 1. The van der Waals surface area contributed by atoms with Crippen molar-refractivity contribution in [3.05, 3.63) is 57.7 Å². The topological polar surface area (TPSA) is 76.7 Å². The molecule has 0 spiro atoms. The largest absolute Gasteiger partial charge is 0.490 e. The van der Waals surface area contributed by atoms with Gasteiger partial charge in [0, 0.05) is 3.57 Å². The van der Waals surface area contributed by atoms with Crippen molar-refractivity contribution in [2.75, 3.05) is 13.2 Å². The summed E-state index contributed by atoms with van der Waals surface area (Å²) in [6.07, 6.45) is 0. The third-order valence-corrected chi connectivity index (χ3v) is 3.88. The Kier molecular flexibility index (Phi) is 6.86. The average Bonchev–Trinajstić information content (AvgIpc) is 2.59. The summed E-state index contributed by atoms with van der Waals surface area (Å²) in [7, 11) is 0. The van der Waals surface area contributed by atoms with Crippen LogP contribution in [0.3, 0.4) is 0 Å². The Morgan fingerprint density at radius 1 is 0.958 bits per heavy atom. The van der Waals surface area contributed by atoms with Gasteiger partial charge in [0.15, 0.2) is 18.1 Å².